The molecule has 0 fully saturated rings. The molecule has 0 saturated carbocycles. The summed E-state index contributed by atoms with van der Waals surface area (Å²) >= 11 is 0. The van der Waals surface area contributed by atoms with Gasteiger partial charge in [0, 0.05) is 24.2 Å². The van der Waals surface area contributed by atoms with Crippen molar-refractivity contribution in [2.45, 2.75) is 13.8 Å². The van der Waals surface area contributed by atoms with Crippen LogP contribution in [-0.2, 0) is 0 Å². The summed E-state index contributed by atoms with van der Waals surface area (Å²) < 4.78 is 0. The molecule has 2 aromatic carbocycles. The van der Waals surface area contributed by atoms with E-state index in [-0.39, 0.29) is 5.41 Å². The molecule has 2 rings (SSSR count). The van der Waals surface area contributed by atoms with Gasteiger partial charge in [0.15, 0.2) is 0 Å². The maximum absolute atomic E-state index is 3.61. The molecule has 0 aliphatic heterocycles. The average Bonchev–Trinajstić information content (AvgIpc) is 2.35. The van der Waals surface area contributed by atoms with Crippen LogP contribution in [0.3, 0.4) is 0 Å². The van der Waals surface area contributed by atoms with E-state index >= 15 is 0 Å². The molecule has 0 bridgehead atoms. The first-order chi connectivity index (χ1) is 8.98. The highest BCUT2D eigenvalue weighted by Gasteiger charge is 2.18. The molecule has 0 unspecified atom stereocenters. The zero-order valence-electron chi connectivity index (χ0n) is 12.4. The lowest BCUT2D eigenvalue weighted by Gasteiger charge is -2.29. The zero-order chi connectivity index (χ0) is 13.9. The Bertz CT molecular complexity index is 538. The van der Waals surface area contributed by atoms with Gasteiger partial charge < -0.3 is 10.2 Å². The number of rotatable bonds is 5. The van der Waals surface area contributed by atoms with Crippen LogP contribution in [0, 0.1) is 5.41 Å². The predicted molar refractivity (Wildman–Crippen MR) is 84.8 cm³/mol. The van der Waals surface area contributed by atoms with Gasteiger partial charge >= 0.3 is 0 Å². The SMILES string of the molecule is CN(C)CC(C)(C)CNc1cccc2ccccc12. The first-order valence-electron chi connectivity index (χ1n) is 6.84. The standard InChI is InChI=1S/C17H24N2/c1-17(2,13-19(3)4)12-18-16-11-7-9-14-8-5-6-10-15(14)16/h5-11,18H,12-13H2,1-4H3. The van der Waals surface area contributed by atoms with Crippen LogP contribution in [0.4, 0.5) is 5.69 Å². The van der Waals surface area contributed by atoms with Crippen molar-refractivity contribution < 1.29 is 0 Å². The molecular weight excluding hydrogens is 232 g/mol. The Hall–Kier alpha value is -1.54. The van der Waals surface area contributed by atoms with E-state index in [1.54, 1.807) is 0 Å². The molecule has 0 amide bonds. The molecule has 0 saturated heterocycles. The lowest BCUT2D eigenvalue weighted by atomic mass is 9.92. The van der Waals surface area contributed by atoms with Gasteiger partial charge in [0.2, 0.25) is 0 Å². The van der Waals surface area contributed by atoms with Crippen molar-refractivity contribution in [3.8, 4) is 0 Å². The third-order valence-electron chi connectivity index (χ3n) is 3.29. The highest BCUT2D eigenvalue weighted by atomic mass is 15.1. The Morgan fingerprint density at radius 1 is 1.00 bits per heavy atom. The van der Waals surface area contributed by atoms with Crippen molar-refractivity contribution in [3.63, 3.8) is 0 Å². The molecule has 1 N–H and O–H groups in total. The summed E-state index contributed by atoms with van der Waals surface area (Å²) in [6.07, 6.45) is 0. The number of fused-ring (bicyclic) bond motifs is 1. The predicted octanol–water partition coefficient (Wildman–Crippen LogP) is 3.84. The molecule has 2 heteroatoms. The van der Waals surface area contributed by atoms with E-state index in [1.165, 1.54) is 16.5 Å². The molecule has 0 heterocycles. The Kier molecular flexibility index (Phi) is 4.11. The maximum atomic E-state index is 3.61. The fraction of sp³-hybridized carbons (Fsp3) is 0.412. The van der Waals surface area contributed by atoms with Gasteiger partial charge in [-0.05, 0) is 31.0 Å². The van der Waals surface area contributed by atoms with Crippen LogP contribution in [0.5, 0.6) is 0 Å². The number of anilines is 1. The Balaban J connectivity index is 2.14. The molecule has 19 heavy (non-hydrogen) atoms. The minimum absolute atomic E-state index is 0.250. The number of hydrogen-bond acceptors (Lipinski definition) is 2. The highest BCUT2D eigenvalue weighted by Crippen LogP contribution is 2.25. The van der Waals surface area contributed by atoms with Gasteiger partial charge in [-0.2, -0.15) is 0 Å². The number of hydrogen-bond donors (Lipinski definition) is 1. The number of nitrogens with zero attached hydrogens (tertiary/aromatic N) is 1. The molecule has 0 spiro atoms. The summed E-state index contributed by atoms with van der Waals surface area (Å²) in [5, 5.41) is 6.19. The third-order valence-corrected chi connectivity index (χ3v) is 3.29. The van der Waals surface area contributed by atoms with Crippen LogP contribution in [0.1, 0.15) is 13.8 Å². The second-order valence-electron chi connectivity index (χ2n) is 6.28. The van der Waals surface area contributed by atoms with Crippen LogP contribution in [0.2, 0.25) is 0 Å². The summed E-state index contributed by atoms with van der Waals surface area (Å²) in [7, 11) is 4.25. The van der Waals surface area contributed by atoms with E-state index in [2.05, 4.69) is 80.6 Å². The van der Waals surface area contributed by atoms with Gasteiger partial charge in [-0.3, -0.25) is 0 Å². The van der Waals surface area contributed by atoms with E-state index in [0.717, 1.165) is 13.1 Å². The van der Waals surface area contributed by atoms with E-state index in [1.807, 2.05) is 0 Å². The fourth-order valence-corrected chi connectivity index (χ4v) is 2.63. The second-order valence-corrected chi connectivity index (χ2v) is 6.28. The van der Waals surface area contributed by atoms with E-state index in [4.69, 9.17) is 0 Å². The van der Waals surface area contributed by atoms with Crippen LogP contribution in [0.25, 0.3) is 10.8 Å². The van der Waals surface area contributed by atoms with Gasteiger partial charge in [-0.15, -0.1) is 0 Å². The van der Waals surface area contributed by atoms with Crippen LogP contribution in [0.15, 0.2) is 42.5 Å². The summed E-state index contributed by atoms with van der Waals surface area (Å²) in [6, 6.07) is 15.0. The van der Waals surface area contributed by atoms with Crippen LogP contribution < -0.4 is 5.32 Å². The molecule has 0 atom stereocenters. The second kappa shape index (κ2) is 5.62. The highest BCUT2D eigenvalue weighted by molar-refractivity contribution is 5.93. The summed E-state index contributed by atoms with van der Waals surface area (Å²) in [6.45, 7) is 6.64. The molecule has 0 aliphatic carbocycles. The molecule has 2 aromatic rings. The van der Waals surface area contributed by atoms with Crippen molar-refractivity contribution in [2.24, 2.45) is 5.41 Å². The van der Waals surface area contributed by atoms with Crippen molar-refractivity contribution in [1.29, 1.82) is 0 Å². The van der Waals surface area contributed by atoms with Gasteiger partial charge in [0.1, 0.15) is 0 Å². The zero-order valence-corrected chi connectivity index (χ0v) is 12.4. The lowest BCUT2D eigenvalue weighted by molar-refractivity contribution is 0.254. The van der Waals surface area contributed by atoms with Crippen molar-refractivity contribution in [1.82, 2.24) is 4.90 Å². The molecule has 2 nitrogen and oxygen atoms in total. The van der Waals surface area contributed by atoms with Crippen molar-refractivity contribution >= 4 is 16.5 Å². The quantitative estimate of drug-likeness (QED) is 0.874. The van der Waals surface area contributed by atoms with Gasteiger partial charge in [-0.1, -0.05) is 50.2 Å². The summed E-state index contributed by atoms with van der Waals surface area (Å²) in [5.74, 6) is 0. The third kappa shape index (κ3) is 3.71. The minimum atomic E-state index is 0.250. The lowest BCUT2D eigenvalue weighted by Crippen LogP contribution is -2.34. The minimum Gasteiger partial charge on any atom is -0.384 e. The topological polar surface area (TPSA) is 15.3 Å². The molecule has 0 aliphatic rings. The van der Waals surface area contributed by atoms with Crippen LogP contribution >= 0.6 is 0 Å². The Morgan fingerprint density at radius 2 is 1.68 bits per heavy atom. The van der Waals surface area contributed by atoms with E-state index in [0.29, 0.717) is 0 Å². The molecular formula is C17H24N2. The molecule has 0 aromatic heterocycles. The van der Waals surface area contributed by atoms with Crippen molar-refractivity contribution in [2.75, 3.05) is 32.5 Å². The Labute approximate surface area is 116 Å². The largest absolute Gasteiger partial charge is 0.384 e. The van der Waals surface area contributed by atoms with Crippen LogP contribution in [-0.4, -0.2) is 32.1 Å². The molecule has 102 valence electrons. The molecule has 0 radical (unpaired) electrons. The number of nitrogens with one attached hydrogen (secondary N) is 1. The van der Waals surface area contributed by atoms with E-state index in [9.17, 15) is 0 Å². The monoisotopic (exact) mass is 256 g/mol. The van der Waals surface area contributed by atoms with Gasteiger partial charge in [0.05, 0.1) is 0 Å². The summed E-state index contributed by atoms with van der Waals surface area (Å²) in [5.41, 5.74) is 1.48. The van der Waals surface area contributed by atoms with Gasteiger partial charge in [-0.25, -0.2) is 0 Å². The summed E-state index contributed by atoms with van der Waals surface area (Å²) in [4.78, 5) is 2.24. The van der Waals surface area contributed by atoms with Crippen molar-refractivity contribution in [3.05, 3.63) is 42.5 Å². The average molecular weight is 256 g/mol. The first-order valence-corrected chi connectivity index (χ1v) is 6.84. The normalized spacial score (nSPS) is 12.1. The first kappa shape index (κ1) is 13.9. The number of benzene rings is 2. The van der Waals surface area contributed by atoms with Gasteiger partial charge in [0.25, 0.3) is 0 Å². The Morgan fingerprint density at radius 3 is 2.42 bits per heavy atom. The fourth-order valence-electron chi connectivity index (χ4n) is 2.63. The maximum Gasteiger partial charge on any atom is 0.0420 e. The van der Waals surface area contributed by atoms with E-state index < -0.39 is 0 Å². The smallest absolute Gasteiger partial charge is 0.0420 e.